The number of nitrogens with zero attached hydrogens (tertiary/aromatic N) is 3. The van der Waals surface area contributed by atoms with Crippen LogP contribution in [0.1, 0.15) is 18.0 Å². The third kappa shape index (κ3) is 1.17. The Morgan fingerprint density at radius 1 is 1.75 bits per heavy atom. The molecule has 0 unspecified atom stereocenters. The molecule has 1 aromatic heterocycles. The summed E-state index contributed by atoms with van der Waals surface area (Å²) < 4.78 is 0. The van der Waals surface area contributed by atoms with E-state index in [0.29, 0.717) is 5.92 Å². The van der Waals surface area contributed by atoms with Crippen molar-refractivity contribution in [2.75, 3.05) is 13.1 Å². The summed E-state index contributed by atoms with van der Waals surface area (Å²) >= 11 is 0. The van der Waals surface area contributed by atoms with Crippen LogP contribution in [0.4, 0.5) is 0 Å². The number of carbonyl (C=O) groups excluding carboxylic acids is 1. The summed E-state index contributed by atoms with van der Waals surface area (Å²) in [4.78, 5) is 12.2. The van der Waals surface area contributed by atoms with Gasteiger partial charge in [0.2, 0.25) is 6.41 Å². The highest BCUT2D eigenvalue weighted by atomic mass is 16.1. The van der Waals surface area contributed by atoms with Gasteiger partial charge in [-0.2, -0.15) is 15.4 Å². The molecule has 1 N–H and O–H groups in total. The maximum atomic E-state index is 10.4. The van der Waals surface area contributed by atoms with Crippen molar-refractivity contribution in [2.45, 2.75) is 12.3 Å². The molecule has 64 valence electrons. The number of aromatic nitrogens is 3. The number of nitrogens with one attached hydrogen (secondary N) is 1. The fraction of sp³-hybridized carbons (Fsp3) is 0.571. The third-order valence-corrected chi connectivity index (χ3v) is 2.22. The highest BCUT2D eigenvalue weighted by Crippen LogP contribution is 2.23. The van der Waals surface area contributed by atoms with Crippen LogP contribution in [0.3, 0.4) is 0 Å². The Labute approximate surface area is 69.8 Å². The van der Waals surface area contributed by atoms with Crippen LogP contribution in [-0.2, 0) is 4.79 Å². The molecule has 1 aliphatic rings. The molecule has 0 bridgehead atoms. The lowest BCUT2D eigenvalue weighted by Gasteiger charge is -2.06. The van der Waals surface area contributed by atoms with Crippen LogP contribution >= 0.6 is 0 Å². The molecule has 0 aromatic carbocycles. The van der Waals surface area contributed by atoms with E-state index in [1.165, 1.54) is 0 Å². The van der Waals surface area contributed by atoms with Crippen molar-refractivity contribution in [3.63, 3.8) is 0 Å². The Morgan fingerprint density at radius 2 is 2.67 bits per heavy atom. The van der Waals surface area contributed by atoms with Crippen LogP contribution in [0.15, 0.2) is 6.20 Å². The summed E-state index contributed by atoms with van der Waals surface area (Å²) in [7, 11) is 0. The Hall–Kier alpha value is -1.39. The molecule has 1 atom stereocenters. The highest BCUT2D eigenvalue weighted by Gasteiger charge is 2.24. The van der Waals surface area contributed by atoms with E-state index in [0.717, 1.165) is 31.6 Å². The van der Waals surface area contributed by atoms with Gasteiger partial charge < -0.3 is 4.90 Å². The molecule has 0 saturated carbocycles. The minimum absolute atomic E-state index is 0.369. The first-order valence-corrected chi connectivity index (χ1v) is 3.95. The van der Waals surface area contributed by atoms with E-state index in [1.807, 2.05) is 0 Å². The van der Waals surface area contributed by atoms with Gasteiger partial charge in [-0.1, -0.05) is 0 Å². The third-order valence-electron chi connectivity index (χ3n) is 2.22. The predicted octanol–water partition coefficient (Wildman–Crippen LogP) is -0.250. The predicted molar refractivity (Wildman–Crippen MR) is 41.4 cm³/mol. The number of aromatic amines is 1. The van der Waals surface area contributed by atoms with Gasteiger partial charge in [-0.3, -0.25) is 4.79 Å². The number of hydrogen-bond acceptors (Lipinski definition) is 3. The molecule has 2 heterocycles. The molecule has 5 nitrogen and oxygen atoms in total. The number of H-pyrrole nitrogens is 1. The van der Waals surface area contributed by atoms with E-state index in [1.54, 1.807) is 11.1 Å². The van der Waals surface area contributed by atoms with Crippen LogP contribution in [0.25, 0.3) is 0 Å². The zero-order valence-electron chi connectivity index (χ0n) is 6.60. The monoisotopic (exact) mass is 166 g/mol. The second-order valence-corrected chi connectivity index (χ2v) is 2.98. The van der Waals surface area contributed by atoms with Crippen molar-refractivity contribution < 1.29 is 4.79 Å². The minimum Gasteiger partial charge on any atom is -0.345 e. The van der Waals surface area contributed by atoms with E-state index < -0.39 is 0 Å². The first-order valence-electron chi connectivity index (χ1n) is 3.95. The second kappa shape index (κ2) is 2.92. The van der Waals surface area contributed by atoms with Crippen LogP contribution in [-0.4, -0.2) is 39.8 Å². The van der Waals surface area contributed by atoms with E-state index in [-0.39, 0.29) is 0 Å². The summed E-state index contributed by atoms with van der Waals surface area (Å²) in [6, 6.07) is 0. The number of rotatable bonds is 2. The summed E-state index contributed by atoms with van der Waals surface area (Å²) in [5.74, 6) is 0.369. The van der Waals surface area contributed by atoms with Crippen molar-refractivity contribution in [3.05, 3.63) is 11.9 Å². The van der Waals surface area contributed by atoms with Gasteiger partial charge in [0, 0.05) is 19.0 Å². The second-order valence-electron chi connectivity index (χ2n) is 2.98. The van der Waals surface area contributed by atoms with Gasteiger partial charge >= 0.3 is 0 Å². The van der Waals surface area contributed by atoms with Crippen molar-refractivity contribution in [3.8, 4) is 0 Å². The molecule has 2 rings (SSSR count). The summed E-state index contributed by atoms with van der Waals surface area (Å²) in [5, 5.41) is 10.3. The van der Waals surface area contributed by atoms with Crippen molar-refractivity contribution in [1.82, 2.24) is 20.3 Å². The standard InChI is InChI=1S/C7H10N4O/c12-5-11-2-1-6(4-11)7-3-8-10-9-7/h3,5-6H,1-2,4H2,(H,8,9,10)/t6-/m0/s1. The molecule has 1 aliphatic heterocycles. The number of carbonyl (C=O) groups is 1. The molecule has 1 fully saturated rings. The molecule has 5 heteroatoms. The first-order chi connectivity index (χ1) is 5.90. The van der Waals surface area contributed by atoms with Gasteiger partial charge in [0.25, 0.3) is 0 Å². The lowest BCUT2D eigenvalue weighted by Crippen LogP contribution is -2.17. The Kier molecular flexibility index (Phi) is 1.77. The molecule has 12 heavy (non-hydrogen) atoms. The topological polar surface area (TPSA) is 61.9 Å². The zero-order chi connectivity index (χ0) is 8.39. The molecular formula is C7H10N4O. The van der Waals surface area contributed by atoms with E-state index in [2.05, 4.69) is 15.4 Å². The zero-order valence-corrected chi connectivity index (χ0v) is 6.60. The summed E-state index contributed by atoms with van der Waals surface area (Å²) in [6.45, 7) is 1.61. The summed E-state index contributed by atoms with van der Waals surface area (Å²) in [6.07, 6.45) is 3.60. The molecular weight excluding hydrogens is 156 g/mol. The van der Waals surface area contributed by atoms with E-state index in [4.69, 9.17) is 0 Å². The number of hydrogen-bond donors (Lipinski definition) is 1. The van der Waals surface area contributed by atoms with Crippen LogP contribution < -0.4 is 0 Å². The average molecular weight is 166 g/mol. The van der Waals surface area contributed by atoms with Crippen LogP contribution in [0.5, 0.6) is 0 Å². The number of amides is 1. The first kappa shape index (κ1) is 7.27. The van der Waals surface area contributed by atoms with Gasteiger partial charge in [0.05, 0.1) is 11.9 Å². The largest absolute Gasteiger partial charge is 0.345 e. The Morgan fingerprint density at radius 3 is 3.25 bits per heavy atom. The van der Waals surface area contributed by atoms with Gasteiger partial charge in [0.1, 0.15) is 0 Å². The van der Waals surface area contributed by atoms with Gasteiger partial charge in [-0.15, -0.1) is 0 Å². The fourth-order valence-corrected chi connectivity index (χ4v) is 1.53. The molecule has 1 saturated heterocycles. The Bertz CT molecular complexity index is 258. The Balaban J connectivity index is 2.04. The average Bonchev–Trinajstić information content (AvgIpc) is 2.75. The fourth-order valence-electron chi connectivity index (χ4n) is 1.53. The molecule has 0 aliphatic carbocycles. The smallest absolute Gasteiger partial charge is 0.209 e. The molecule has 0 spiro atoms. The lowest BCUT2D eigenvalue weighted by molar-refractivity contribution is -0.117. The molecule has 0 radical (unpaired) electrons. The van der Waals surface area contributed by atoms with E-state index >= 15 is 0 Å². The molecule has 1 amide bonds. The van der Waals surface area contributed by atoms with Gasteiger partial charge in [0.15, 0.2) is 0 Å². The van der Waals surface area contributed by atoms with Crippen molar-refractivity contribution in [2.24, 2.45) is 0 Å². The minimum atomic E-state index is 0.369. The lowest BCUT2D eigenvalue weighted by atomic mass is 10.1. The van der Waals surface area contributed by atoms with Gasteiger partial charge in [-0.25, -0.2) is 0 Å². The van der Waals surface area contributed by atoms with Gasteiger partial charge in [-0.05, 0) is 6.42 Å². The molecule has 1 aromatic rings. The van der Waals surface area contributed by atoms with E-state index in [9.17, 15) is 4.79 Å². The SMILES string of the molecule is O=CN1CC[C@H](c2cn[nH]n2)C1. The van der Waals surface area contributed by atoms with Crippen molar-refractivity contribution >= 4 is 6.41 Å². The summed E-state index contributed by atoms with van der Waals surface area (Å²) in [5.41, 5.74) is 0.958. The highest BCUT2D eigenvalue weighted by molar-refractivity contribution is 5.48. The van der Waals surface area contributed by atoms with Crippen LogP contribution in [0, 0.1) is 0 Å². The maximum absolute atomic E-state index is 10.4. The normalized spacial score (nSPS) is 23.0. The number of likely N-dealkylation sites (tertiary alicyclic amines) is 1. The quantitative estimate of drug-likeness (QED) is 0.616. The maximum Gasteiger partial charge on any atom is 0.209 e. The van der Waals surface area contributed by atoms with Crippen LogP contribution in [0.2, 0.25) is 0 Å². The van der Waals surface area contributed by atoms with Crippen molar-refractivity contribution in [1.29, 1.82) is 0 Å².